The molecule has 0 bridgehead atoms. The summed E-state index contributed by atoms with van der Waals surface area (Å²) >= 11 is 0. The maximum Gasteiger partial charge on any atom is 0.145 e. The molecule has 0 spiro atoms. The molecule has 12 heavy (non-hydrogen) atoms. The molecule has 0 saturated carbocycles. The van der Waals surface area contributed by atoms with Crippen LogP contribution >= 0.6 is 0 Å². The normalized spacial score (nSPS) is 11.9. The summed E-state index contributed by atoms with van der Waals surface area (Å²) < 4.78 is 1.35. The SMILES string of the molecule is CC(C)(C)Cc1ncn(N)c1N. The highest BCUT2D eigenvalue weighted by Crippen LogP contribution is 2.22. The fourth-order valence-electron chi connectivity index (χ4n) is 1.05. The topological polar surface area (TPSA) is 69.9 Å². The van der Waals surface area contributed by atoms with Crippen LogP contribution in [0.15, 0.2) is 6.33 Å². The molecule has 0 amide bonds. The molecule has 1 rings (SSSR count). The second-order valence-electron chi connectivity index (χ2n) is 4.22. The second kappa shape index (κ2) is 2.69. The Kier molecular flexibility index (Phi) is 2.00. The molecule has 4 N–H and O–H groups in total. The smallest absolute Gasteiger partial charge is 0.145 e. The summed E-state index contributed by atoms with van der Waals surface area (Å²) in [5.74, 6) is 6.05. The molecular formula is C8H16N4. The monoisotopic (exact) mass is 168 g/mol. The number of hydrogen-bond donors (Lipinski definition) is 2. The molecule has 0 unspecified atom stereocenters. The van der Waals surface area contributed by atoms with Gasteiger partial charge in [-0.25, -0.2) is 9.66 Å². The number of rotatable bonds is 1. The van der Waals surface area contributed by atoms with Crippen molar-refractivity contribution >= 4 is 5.82 Å². The molecule has 0 atom stereocenters. The van der Waals surface area contributed by atoms with Crippen molar-refractivity contribution in [3.63, 3.8) is 0 Å². The lowest BCUT2D eigenvalue weighted by atomic mass is 9.90. The van der Waals surface area contributed by atoms with Crippen LogP contribution in [-0.2, 0) is 6.42 Å². The van der Waals surface area contributed by atoms with Gasteiger partial charge in [0.25, 0.3) is 0 Å². The Balaban J connectivity index is 2.83. The Hall–Kier alpha value is -1.19. The number of anilines is 1. The van der Waals surface area contributed by atoms with Gasteiger partial charge in [-0.15, -0.1) is 0 Å². The Labute approximate surface area is 72.5 Å². The van der Waals surface area contributed by atoms with Crippen LogP contribution in [0.2, 0.25) is 0 Å². The third kappa shape index (κ3) is 1.90. The van der Waals surface area contributed by atoms with E-state index >= 15 is 0 Å². The molecule has 0 aliphatic carbocycles. The third-order valence-electron chi connectivity index (χ3n) is 1.61. The maximum absolute atomic E-state index is 5.69. The molecule has 0 aliphatic heterocycles. The third-order valence-corrected chi connectivity index (χ3v) is 1.61. The van der Waals surface area contributed by atoms with E-state index in [-0.39, 0.29) is 5.41 Å². The molecule has 0 radical (unpaired) electrons. The van der Waals surface area contributed by atoms with Gasteiger partial charge in [0.15, 0.2) is 0 Å². The van der Waals surface area contributed by atoms with Gasteiger partial charge < -0.3 is 11.6 Å². The number of hydrogen-bond acceptors (Lipinski definition) is 3. The van der Waals surface area contributed by atoms with Crippen LogP contribution in [0.25, 0.3) is 0 Å². The summed E-state index contributed by atoms with van der Waals surface area (Å²) in [5.41, 5.74) is 6.76. The number of aromatic nitrogens is 2. The Morgan fingerprint density at radius 1 is 1.50 bits per heavy atom. The zero-order chi connectivity index (χ0) is 9.35. The van der Waals surface area contributed by atoms with Crippen LogP contribution in [0.3, 0.4) is 0 Å². The molecule has 1 aromatic rings. The first-order chi connectivity index (χ1) is 5.40. The van der Waals surface area contributed by atoms with Gasteiger partial charge in [0.05, 0.1) is 5.69 Å². The maximum atomic E-state index is 5.69. The lowest BCUT2D eigenvalue weighted by molar-refractivity contribution is 0.407. The Bertz CT molecular complexity index is 269. The van der Waals surface area contributed by atoms with Crippen molar-refractivity contribution in [3.05, 3.63) is 12.0 Å². The van der Waals surface area contributed by atoms with Crippen LogP contribution in [-0.4, -0.2) is 9.66 Å². The largest absolute Gasteiger partial charge is 0.382 e. The van der Waals surface area contributed by atoms with Gasteiger partial charge in [-0.05, 0) is 11.8 Å². The minimum Gasteiger partial charge on any atom is -0.382 e. The highest BCUT2D eigenvalue weighted by molar-refractivity contribution is 5.36. The highest BCUT2D eigenvalue weighted by atomic mass is 15.3. The number of nitrogens with zero attached hydrogens (tertiary/aromatic N) is 2. The minimum absolute atomic E-state index is 0.197. The standard InChI is InChI=1S/C8H16N4/c1-8(2,3)4-6-7(9)12(10)5-11-6/h5H,4,9-10H2,1-3H3. The van der Waals surface area contributed by atoms with Crippen LogP contribution in [0.5, 0.6) is 0 Å². The molecule has 0 aliphatic rings. The van der Waals surface area contributed by atoms with Gasteiger partial charge >= 0.3 is 0 Å². The molecular weight excluding hydrogens is 152 g/mol. The Morgan fingerprint density at radius 3 is 2.42 bits per heavy atom. The fourth-order valence-corrected chi connectivity index (χ4v) is 1.05. The second-order valence-corrected chi connectivity index (χ2v) is 4.22. The lowest BCUT2D eigenvalue weighted by Gasteiger charge is -2.16. The number of nitrogens with two attached hydrogens (primary N) is 2. The first-order valence-corrected chi connectivity index (χ1v) is 3.97. The summed E-state index contributed by atoms with van der Waals surface area (Å²) in [6, 6.07) is 0. The molecule has 0 fully saturated rings. The van der Waals surface area contributed by atoms with E-state index in [1.807, 2.05) is 0 Å². The zero-order valence-electron chi connectivity index (χ0n) is 7.83. The molecule has 68 valence electrons. The van der Waals surface area contributed by atoms with Crippen molar-refractivity contribution in [2.45, 2.75) is 27.2 Å². The van der Waals surface area contributed by atoms with E-state index in [0.717, 1.165) is 12.1 Å². The average Bonchev–Trinajstić information content (AvgIpc) is 2.16. The van der Waals surface area contributed by atoms with E-state index in [1.165, 1.54) is 11.0 Å². The van der Waals surface area contributed by atoms with E-state index in [4.69, 9.17) is 11.6 Å². The predicted molar refractivity (Wildman–Crippen MR) is 49.9 cm³/mol. The summed E-state index contributed by atoms with van der Waals surface area (Å²) in [7, 11) is 0. The van der Waals surface area contributed by atoms with Gasteiger partial charge in [0.2, 0.25) is 0 Å². The Morgan fingerprint density at radius 2 is 2.08 bits per heavy atom. The van der Waals surface area contributed by atoms with E-state index in [2.05, 4.69) is 25.8 Å². The summed E-state index contributed by atoms with van der Waals surface area (Å²) in [5, 5.41) is 0. The van der Waals surface area contributed by atoms with Crippen LogP contribution in [0, 0.1) is 5.41 Å². The minimum atomic E-state index is 0.197. The van der Waals surface area contributed by atoms with Crippen molar-refractivity contribution in [1.29, 1.82) is 0 Å². The van der Waals surface area contributed by atoms with Crippen molar-refractivity contribution in [2.24, 2.45) is 5.41 Å². The van der Waals surface area contributed by atoms with Gasteiger partial charge in [-0.1, -0.05) is 20.8 Å². The fraction of sp³-hybridized carbons (Fsp3) is 0.625. The van der Waals surface area contributed by atoms with Crippen LogP contribution in [0.1, 0.15) is 26.5 Å². The van der Waals surface area contributed by atoms with Crippen molar-refractivity contribution in [2.75, 3.05) is 11.6 Å². The van der Waals surface area contributed by atoms with Gasteiger partial charge in [-0.3, -0.25) is 0 Å². The zero-order valence-corrected chi connectivity index (χ0v) is 7.83. The van der Waals surface area contributed by atoms with E-state index < -0.39 is 0 Å². The molecule has 1 aromatic heterocycles. The quantitative estimate of drug-likeness (QED) is 0.608. The van der Waals surface area contributed by atoms with Crippen LogP contribution < -0.4 is 11.6 Å². The van der Waals surface area contributed by atoms with Crippen LogP contribution in [0.4, 0.5) is 5.82 Å². The molecule has 0 aromatic carbocycles. The molecule has 1 heterocycles. The van der Waals surface area contributed by atoms with Crippen molar-refractivity contribution in [1.82, 2.24) is 9.66 Å². The van der Waals surface area contributed by atoms with E-state index in [9.17, 15) is 0 Å². The molecule has 0 saturated heterocycles. The number of nitrogen functional groups attached to an aromatic ring is 2. The van der Waals surface area contributed by atoms with Gasteiger partial charge in [0, 0.05) is 0 Å². The summed E-state index contributed by atoms with van der Waals surface area (Å²) in [4.78, 5) is 4.11. The first-order valence-electron chi connectivity index (χ1n) is 3.97. The van der Waals surface area contributed by atoms with E-state index in [0.29, 0.717) is 5.82 Å². The highest BCUT2D eigenvalue weighted by Gasteiger charge is 2.15. The van der Waals surface area contributed by atoms with Crippen molar-refractivity contribution < 1.29 is 0 Å². The summed E-state index contributed by atoms with van der Waals surface area (Å²) in [6.07, 6.45) is 2.39. The first kappa shape index (κ1) is 8.90. The summed E-state index contributed by atoms with van der Waals surface area (Å²) in [6.45, 7) is 6.42. The van der Waals surface area contributed by atoms with E-state index in [1.54, 1.807) is 0 Å². The predicted octanol–water partition coefficient (Wildman–Crippen LogP) is 0.768. The average molecular weight is 168 g/mol. The van der Waals surface area contributed by atoms with Crippen molar-refractivity contribution in [3.8, 4) is 0 Å². The molecule has 4 nitrogen and oxygen atoms in total. The lowest BCUT2D eigenvalue weighted by Crippen LogP contribution is -2.14. The van der Waals surface area contributed by atoms with Gasteiger partial charge in [-0.2, -0.15) is 0 Å². The number of imidazole rings is 1. The molecule has 4 heteroatoms. The van der Waals surface area contributed by atoms with Gasteiger partial charge in [0.1, 0.15) is 12.1 Å².